The number of rotatable bonds is 7. The first kappa shape index (κ1) is 19.7. The fourth-order valence-electron chi connectivity index (χ4n) is 2.01. The van der Waals surface area contributed by atoms with Crippen LogP contribution in [0, 0.1) is 0 Å². The highest BCUT2D eigenvalue weighted by molar-refractivity contribution is 5.97. The standard InChI is InChI=1S/C18H26N2O4/c1-5-14-6-8-15(9-7-14)10-11-16(21)24-13(4)17(22)20-18(23)19-12(2)3/h6-9,12-13H,5,10-11H2,1-4H3,(H2,19,20,22,23)/t13-/m0/s1. The van der Waals surface area contributed by atoms with Crippen molar-refractivity contribution in [1.29, 1.82) is 0 Å². The number of urea groups is 1. The van der Waals surface area contributed by atoms with Gasteiger partial charge in [0.25, 0.3) is 5.91 Å². The molecule has 0 spiro atoms. The van der Waals surface area contributed by atoms with Gasteiger partial charge in [0.2, 0.25) is 0 Å². The normalized spacial score (nSPS) is 11.7. The van der Waals surface area contributed by atoms with Crippen molar-refractivity contribution in [2.24, 2.45) is 0 Å². The van der Waals surface area contributed by atoms with Gasteiger partial charge >= 0.3 is 12.0 Å². The van der Waals surface area contributed by atoms with Crippen molar-refractivity contribution in [3.8, 4) is 0 Å². The summed E-state index contributed by atoms with van der Waals surface area (Å²) in [7, 11) is 0. The van der Waals surface area contributed by atoms with Crippen LogP contribution in [0.2, 0.25) is 0 Å². The maximum Gasteiger partial charge on any atom is 0.321 e. The molecule has 0 radical (unpaired) electrons. The van der Waals surface area contributed by atoms with E-state index >= 15 is 0 Å². The number of carbonyl (C=O) groups excluding carboxylic acids is 3. The van der Waals surface area contributed by atoms with Crippen LogP contribution >= 0.6 is 0 Å². The van der Waals surface area contributed by atoms with Gasteiger partial charge in [0.1, 0.15) is 0 Å². The van der Waals surface area contributed by atoms with Gasteiger partial charge in [-0.1, -0.05) is 31.2 Å². The van der Waals surface area contributed by atoms with Crippen LogP contribution in [0.15, 0.2) is 24.3 Å². The van der Waals surface area contributed by atoms with Crippen LogP contribution in [-0.2, 0) is 27.2 Å². The van der Waals surface area contributed by atoms with Crippen LogP contribution in [0.25, 0.3) is 0 Å². The highest BCUT2D eigenvalue weighted by Crippen LogP contribution is 2.08. The Labute approximate surface area is 143 Å². The summed E-state index contributed by atoms with van der Waals surface area (Å²) in [4.78, 5) is 35.0. The number of imide groups is 1. The topological polar surface area (TPSA) is 84.5 Å². The van der Waals surface area contributed by atoms with Crippen LogP contribution in [0.4, 0.5) is 4.79 Å². The zero-order valence-electron chi connectivity index (χ0n) is 14.7. The number of carbonyl (C=O) groups is 3. The van der Waals surface area contributed by atoms with Crippen LogP contribution in [0.5, 0.6) is 0 Å². The van der Waals surface area contributed by atoms with Gasteiger partial charge in [-0.3, -0.25) is 14.9 Å². The Morgan fingerprint density at radius 3 is 2.17 bits per heavy atom. The van der Waals surface area contributed by atoms with Gasteiger partial charge in [-0.15, -0.1) is 0 Å². The fraction of sp³-hybridized carbons (Fsp3) is 0.500. The molecule has 1 rings (SSSR count). The van der Waals surface area contributed by atoms with E-state index in [4.69, 9.17) is 4.74 Å². The van der Waals surface area contributed by atoms with Gasteiger partial charge in [0.05, 0.1) is 0 Å². The average molecular weight is 334 g/mol. The molecule has 1 aromatic carbocycles. The molecule has 24 heavy (non-hydrogen) atoms. The second-order valence-electron chi connectivity index (χ2n) is 5.92. The summed E-state index contributed by atoms with van der Waals surface area (Å²) >= 11 is 0. The second kappa shape index (κ2) is 9.70. The number of amides is 3. The van der Waals surface area contributed by atoms with E-state index in [-0.39, 0.29) is 12.5 Å². The molecule has 0 aromatic heterocycles. The molecule has 0 bridgehead atoms. The number of hydrogen-bond donors (Lipinski definition) is 2. The Balaban J connectivity index is 2.37. The minimum atomic E-state index is -1.02. The molecule has 0 saturated heterocycles. The summed E-state index contributed by atoms with van der Waals surface area (Å²) in [5.41, 5.74) is 2.28. The first-order valence-electron chi connectivity index (χ1n) is 8.20. The summed E-state index contributed by atoms with van der Waals surface area (Å²) in [5.74, 6) is -1.12. The number of ether oxygens (including phenoxy) is 1. The van der Waals surface area contributed by atoms with Gasteiger partial charge in [-0.05, 0) is 44.7 Å². The van der Waals surface area contributed by atoms with Crippen LogP contribution in [0.1, 0.15) is 45.2 Å². The van der Waals surface area contributed by atoms with Crippen molar-refractivity contribution >= 4 is 17.9 Å². The molecule has 6 nitrogen and oxygen atoms in total. The largest absolute Gasteiger partial charge is 0.453 e. The number of nitrogens with one attached hydrogen (secondary N) is 2. The summed E-state index contributed by atoms with van der Waals surface area (Å²) in [5, 5.41) is 4.66. The molecule has 3 amide bonds. The van der Waals surface area contributed by atoms with E-state index in [0.29, 0.717) is 6.42 Å². The number of aryl methyl sites for hydroxylation is 2. The number of esters is 1. The lowest BCUT2D eigenvalue weighted by molar-refractivity contribution is -0.154. The lowest BCUT2D eigenvalue weighted by Crippen LogP contribution is -2.46. The van der Waals surface area contributed by atoms with Crippen molar-refractivity contribution in [1.82, 2.24) is 10.6 Å². The number of hydrogen-bond acceptors (Lipinski definition) is 4. The van der Waals surface area contributed by atoms with Crippen molar-refractivity contribution in [3.05, 3.63) is 35.4 Å². The van der Waals surface area contributed by atoms with Crippen LogP contribution in [0.3, 0.4) is 0 Å². The SMILES string of the molecule is CCc1ccc(CCC(=O)O[C@@H](C)C(=O)NC(=O)NC(C)C)cc1. The Morgan fingerprint density at radius 2 is 1.62 bits per heavy atom. The van der Waals surface area contributed by atoms with E-state index < -0.39 is 24.0 Å². The minimum absolute atomic E-state index is 0.0882. The third kappa shape index (κ3) is 7.26. The lowest BCUT2D eigenvalue weighted by Gasteiger charge is -2.14. The predicted octanol–water partition coefficient (Wildman–Crippen LogP) is 2.35. The highest BCUT2D eigenvalue weighted by Gasteiger charge is 2.20. The predicted molar refractivity (Wildman–Crippen MR) is 91.5 cm³/mol. The summed E-state index contributed by atoms with van der Waals surface area (Å²) in [6, 6.07) is 7.34. The molecule has 2 N–H and O–H groups in total. The Hall–Kier alpha value is -2.37. The smallest absolute Gasteiger partial charge is 0.321 e. The Bertz CT molecular complexity index is 567. The van der Waals surface area contributed by atoms with Gasteiger partial charge in [-0.2, -0.15) is 0 Å². The fourth-order valence-corrected chi connectivity index (χ4v) is 2.01. The van der Waals surface area contributed by atoms with Gasteiger partial charge in [0, 0.05) is 12.5 Å². The maximum absolute atomic E-state index is 11.8. The quantitative estimate of drug-likeness (QED) is 0.750. The van der Waals surface area contributed by atoms with E-state index in [1.54, 1.807) is 13.8 Å². The molecule has 0 aliphatic heterocycles. The first-order valence-corrected chi connectivity index (χ1v) is 8.20. The molecule has 6 heteroatoms. The summed E-state index contributed by atoms with van der Waals surface area (Å²) < 4.78 is 5.05. The van der Waals surface area contributed by atoms with Gasteiger partial charge in [0.15, 0.2) is 6.10 Å². The third-order valence-electron chi connectivity index (χ3n) is 3.38. The summed E-state index contributed by atoms with van der Waals surface area (Å²) in [6.45, 7) is 7.08. The molecule has 0 heterocycles. The minimum Gasteiger partial charge on any atom is -0.453 e. The van der Waals surface area contributed by atoms with Crippen molar-refractivity contribution in [3.63, 3.8) is 0 Å². The Morgan fingerprint density at radius 1 is 1.04 bits per heavy atom. The zero-order chi connectivity index (χ0) is 18.1. The maximum atomic E-state index is 11.8. The van der Waals surface area contributed by atoms with Crippen molar-refractivity contribution < 1.29 is 19.1 Å². The first-order chi connectivity index (χ1) is 11.3. The highest BCUT2D eigenvalue weighted by atomic mass is 16.5. The van der Waals surface area contributed by atoms with Gasteiger partial charge in [-0.25, -0.2) is 4.79 Å². The monoisotopic (exact) mass is 334 g/mol. The zero-order valence-corrected chi connectivity index (χ0v) is 14.7. The number of benzene rings is 1. The molecule has 1 atom stereocenters. The molecular formula is C18H26N2O4. The van der Waals surface area contributed by atoms with E-state index in [1.165, 1.54) is 12.5 Å². The van der Waals surface area contributed by atoms with E-state index in [0.717, 1.165) is 12.0 Å². The van der Waals surface area contributed by atoms with Crippen molar-refractivity contribution in [2.45, 2.75) is 59.1 Å². The molecular weight excluding hydrogens is 308 g/mol. The second-order valence-corrected chi connectivity index (χ2v) is 5.92. The lowest BCUT2D eigenvalue weighted by atomic mass is 10.1. The van der Waals surface area contributed by atoms with Crippen LogP contribution < -0.4 is 10.6 Å². The van der Waals surface area contributed by atoms with Crippen molar-refractivity contribution in [2.75, 3.05) is 0 Å². The van der Waals surface area contributed by atoms with E-state index in [2.05, 4.69) is 17.6 Å². The van der Waals surface area contributed by atoms with Crippen LogP contribution in [-0.4, -0.2) is 30.1 Å². The molecule has 0 fully saturated rings. The molecule has 0 aliphatic carbocycles. The molecule has 0 saturated carbocycles. The third-order valence-corrected chi connectivity index (χ3v) is 3.38. The van der Waals surface area contributed by atoms with E-state index in [9.17, 15) is 14.4 Å². The molecule has 132 valence electrons. The summed E-state index contributed by atoms with van der Waals surface area (Å²) in [6.07, 6.45) is 0.684. The molecule has 0 unspecified atom stereocenters. The molecule has 0 aliphatic rings. The Kier molecular flexibility index (Phi) is 7.95. The molecule has 1 aromatic rings. The van der Waals surface area contributed by atoms with E-state index in [1.807, 2.05) is 24.3 Å². The average Bonchev–Trinajstić information content (AvgIpc) is 2.52. The van der Waals surface area contributed by atoms with Gasteiger partial charge < -0.3 is 10.1 Å².